The molecule has 2 unspecified atom stereocenters. The first-order valence-electron chi connectivity index (χ1n) is 8.62. The Labute approximate surface area is 134 Å². The number of thiophene rings is 1. The van der Waals surface area contributed by atoms with Gasteiger partial charge in [0.05, 0.1) is 6.10 Å². The van der Waals surface area contributed by atoms with Gasteiger partial charge >= 0.3 is 0 Å². The van der Waals surface area contributed by atoms with E-state index in [2.05, 4.69) is 31.3 Å². The normalized spacial score (nSPS) is 19.6. The molecule has 0 aromatic carbocycles. The van der Waals surface area contributed by atoms with Crippen molar-refractivity contribution >= 4 is 11.3 Å². The second kappa shape index (κ2) is 8.92. The van der Waals surface area contributed by atoms with Crippen molar-refractivity contribution in [3.63, 3.8) is 0 Å². The number of methoxy groups -OCH3 is 1. The average Bonchev–Trinajstić information content (AvgIpc) is 2.97. The van der Waals surface area contributed by atoms with Gasteiger partial charge in [-0.25, -0.2) is 0 Å². The van der Waals surface area contributed by atoms with Crippen LogP contribution in [0.2, 0.25) is 0 Å². The molecule has 0 amide bonds. The van der Waals surface area contributed by atoms with Gasteiger partial charge in [-0.1, -0.05) is 33.1 Å². The van der Waals surface area contributed by atoms with E-state index < -0.39 is 0 Å². The lowest BCUT2D eigenvalue weighted by Crippen LogP contribution is -2.46. The van der Waals surface area contributed by atoms with E-state index in [0.717, 1.165) is 25.3 Å². The van der Waals surface area contributed by atoms with Gasteiger partial charge in [-0.2, -0.15) is 0 Å². The first-order chi connectivity index (χ1) is 10.3. The summed E-state index contributed by atoms with van der Waals surface area (Å²) < 4.78 is 5.95. The van der Waals surface area contributed by atoms with E-state index >= 15 is 0 Å². The SMILES string of the molecule is CCNC(Cc1ccc(CC)s1)C(OC)C1CCCCC1. The summed E-state index contributed by atoms with van der Waals surface area (Å²) in [5.41, 5.74) is 0. The van der Waals surface area contributed by atoms with Gasteiger partial charge in [0.25, 0.3) is 0 Å². The Morgan fingerprint density at radius 2 is 1.90 bits per heavy atom. The molecule has 0 radical (unpaired) electrons. The fourth-order valence-electron chi connectivity index (χ4n) is 3.65. The highest BCUT2D eigenvalue weighted by Gasteiger charge is 2.30. The molecular formula is C18H31NOS. The van der Waals surface area contributed by atoms with Crippen LogP contribution >= 0.6 is 11.3 Å². The zero-order valence-electron chi connectivity index (χ0n) is 13.9. The van der Waals surface area contributed by atoms with Gasteiger partial charge in [-0.3, -0.25) is 0 Å². The Balaban J connectivity index is 2.03. The number of hydrogen-bond donors (Lipinski definition) is 1. The van der Waals surface area contributed by atoms with Crippen LogP contribution < -0.4 is 5.32 Å². The fourth-order valence-corrected chi connectivity index (χ4v) is 4.67. The number of hydrogen-bond acceptors (Lipinski definition) is 3. The van der Waals surface area contributed by atoms with Gasteiger partial charge in [-0.05, 0) is 50.3 Å². The van der Waals surface area contributed by atoms with Crippen molar-refractivity contribution in [3.8, 4) is 0 Å². The highest BCUT2D eigenvalue weighted by atomic mass is 32.1. The third-order valence-electron chi connectivity index (χ3n) is 4.74. The molecule has 1 heterocycles. The van der Waals surface area contributed by atoms with Crippen molar-refractivity contribution < 1.29 is 4.74 Å². The van der Waals surface area contributed by atoms with Crippen LogP contribution in [0, 0.1) is 5.92 Å². The summed E-state index contributed by atoms with van der Waals surface area (Å²) >= 11 is 1.97. The molecule has 0 saturated heterocycles. The van der Waals surface area contributed by atoms with Gasteiger partial charge in [0.1, 0.15) is 0 Å². The number of nitrogens with one attached hydrogen (secondary N) is 1. The third-order valence-corrected chi connectivity index (χ3v) is 5.99. The van der Waals surface area contributed by atoms with E-state index in [1.807, 2.05) is 18.4 Å². The summed E-state index contributed by atoms with van der Waals surface area (Å²) in [5.74, 6) is 0.735. The molecule has 1 aromatic rings. The lowest BCUT2D eigenvalue weighted by molar-refractivity contribution is 0.00887. The van der Waals surface area contributed by atoms with E-state index in [-0.39, 0.29) is 0 Å². The Hall–Kier alpha value is -0.380. The monoisotopic (exact) mass is 309 g/mol. The van der Waals surface area contributed by atoms with Gasteiger partial charge in [0.15, 0.2) is 0 Å². The number of ether oxygens (including phenoxy) is 1. The lowest BCUT2D eigenvalue weighted by Gasteiger charge is -2.35. The van der Waals surface area contributed by atoms with Gasteiger partial charge in [0, 0.05) is 22.9 Å². The summed E-state index contributed by atoms with van der Waals surface area (Å²) in [5, 5.41) is 3.69. The maximum absolute atomic E-state index is 5.95. The lowest BCUT2D eigenvalue weighted by atomic mass is 9.81. The van der Waals surface area contributed by atoms with Gasteiger partial charge in [0.2, 0.25) is 0 Å². The predicted molar refractivity (Wildman–Crippen MR) is 92.2 cm³/mol. The molecular weight excluding hydrogens is 278 g/mol. The predicted octanol–water partition coefficient (Wildman–Crippen LogP) is 4.43. The molecule has 2 rings (SSSR count). The second-order valence-corrected chi connectivity index (χ2v) is 7.44. The van der Waals surface area contributed by atoms with Crippen molar-refractivity contribution in [2.45, 2.75) is 70.9 Å². The minimum Gasteiger partial charge on any atom is -0.380 e. The average molecular weight is 310 g/mol. The molecule has 1 aromatic heterocycles. The van der Waals surface area contributed by atoms with E-state index in [0.29, 0.717) is 12.1 Å². The molecule has 2 atom stereocenters. The van der Waals surface area contributed by atoms with Crippen LogP contribution in [0.15, 0.2) is 12.1 Å². The topological polar surface area (TPSA) is 21.3 Å². The molecule has 1 N–H and O–H groups in total. The maximum Gasteiger partial charge on any atom is 0.0755 e. The second-order valence-electron chi connectivity index (χ2n) is 6.19. The van der Waals surface area contributed by atoms with Crippen molar-refractivity contribution in [1.29, 1.82) is 0 Å². The first-order valence-corrected chi connectivity index (χ1v) is 9.43. The van der Waals surface area contributed by atoms with E-state index in [1.54, 1.807) is 0 Å². The molecule has 1 aliphatic carbocycles. The Bertz CT molecular complexity index is 398. The van der Waals surface area contributed by atoms with Crippen molar-refractivity contribution in [1.82, 2.24) is 5.32 Å². The number of rotatable bonds is 8. The van der Waals surface area contributed by atoms with Crippen LogP contribution in [0.3, 0.4) is 0 Å². The van der Waals surface area contributed by atoms with Gasteiger partial charge in [-0.15, -0.1) is 11.3 Å². The molecule has 120 valence electrons. The van der Waals surface area contributed by atoms with Crippen LogP contribution in [-0.2, 0) is 17.6 Å². The molecule has 1 saturated carbocycles. The van der Waals surface area contributed by atoms with Crippen LogP contribution in [0.1, 0.15) is 55.7 Å². The largest absolute Gasteiger partial charge is 0.380 e. The zero-order valence-corrected chi connectivity index (χ0v) is 14.7. The standard InChI is InChI=1S/C18H31NOS/c1-4-15-11-12-16(21-15)13-17(19-5-2)18(20-3)14-9-7-6-8-10-14/h11-12,14,17-19H,4-10,13H2,1-3H3. The number of aryl methyl sites for hydroxylation is 1. The Morgan fingerprint density at radius 3 is 2.48 bits per heavy atom. The summed E-state index contributed by atoms with van der Waals surface area (Å²) in [7, 11) is 1.90. The quantitative estimate of drug-likeness (QED) is 0.767. The summed E-state index contributed by atoms with van der Waals surface area (Å²) in [4.78, 5) is 2.99. The number of likely N-dealkylation sites (N-methyl/N-ethyl adjacent to an activating group) is 1. The smallest absolute Gasteiger partial charge is 0.0755 e. The third kappa shape index (κ3) is 4.80. The molecule has 1 aliphatic rings. The van der Waals surface area contributed by atoms with Crippen molar-refractivity contribution in [2.24, 2.45) is 5.92 Å². The summed E-state index contributed by atoms with van der Waals surface area (Å²) in [6.07, 6.45) is 9.45. The summed E-state index contributed by atoms with van der Waals surface area (Å²) in [6, 6.07) is 5.04. The van der Waals surface area contributed by atoms with E-state index in [9.17, 15) is 0 Å². The minimum atomic E-state index is 0.359. The molecule has 0 aliphatic heterocycles. The van der Waals surface area contributed by atoms with Crippen LogP contribution in [0.25, 0.3) is 0 Å². The Kier molecular flexibility index (Phi) is 7.21. The first kappa shape index (κ1) is 17.0. The van der Waals surface area contributed by atoms with Crippen molar-refractivity contribution in [2.75, 3.05) is 13.7 Å². The van der Waals surface area contributed by atoms with Crippen molar-refractivity contribution in [3.05, 3.63) is 21.9 Å². The Morgan fingerprint density at radius 1 is 1.19 bits per heavy atom. The molecule has 0 spiro atoms. The van der Waals surface area contributed by atoms with E-state index in [4.69, 9.17) is 4.74 Å². The summed E-state index contributed by atoms with van der Waals surface area (Å²) in [6.45, 7) is 5.45. The van der Waals surface area contributed by atoms with E-state index in [1.165, 1.54) is 41.9 Å². The zero-order chi connectivity index (χ0) is 15.1. The molecule has 0 bridgehead atoms. The molecule has 3 heteroatoms. The molecule has 2 nitrogen and oxygen atoms in total. The van der Waals surface area contributed by atoms with Crippen LogP contribution in [-0.4, -0.2) is 25.8 Å². The fraction of sp³-hybridized carbons (Fsp3) is 0.778. The highest BCUT2D eigenvalue weighted by molar-refractivity contribution is 7.11. The highest BCUT2D eigenvalue weighted by Crippen LogP contribution is 2.31. The maximum atomic E-state index is 5.95. The minimum absolute atomic E-state index is 0.359. The molecule has 1 fully saturated rings. The van der Waals surface area contributed by atoms with Gasteiger partial charge < -0.3 is 10.1 Å². The van der Waals surface area contributed by atoms with Crippen LogP contribution in [0.4, 0.5) is 0 Å². The molecule has 21 heavy (non-hydrogen) atoms. The van der Waals surface area contributed by atoms with Crippen LogP contribution in [0.5, 0.6) is 0 Å².